The van der Waals surface area contributed by atoms with Crippen LogP contribution in [0.3, 0.4) is 0 Å². The van der Waals surface area contributed by atoms with E-state index in [1.165, 1.54) is 31.4 Å². The van der Waals surface area contributed by atoms with Crippen molar-refractivity contribution in [3.63, 3.8) is 0 Å². The van der Waals surface area contributed by atoms with Gasteiger partial charge in [0, 0.05) is 24.3 Å². The topological polar surface area (TPSA) is 78.5 Å². The Hall–Kier alpha value is -2.38. The van der Waals surface area contributed by atoms with Crippen molar-refractivity contribution in [2.75, 3.05) is 30.9 Å². The standard InChI is InChI=1S/C20H25N3O3S/c24-20(21-12-15-23-13-5-2-6-14-23)17-8-7-9-18(16-17)22-27(25,26)19-10-3-1-4-11-19/h1,3-4,7-11,16,22H,2,5-6,12-15H2,(H,21,24). The molecule has 1 aliphatic rings. The highest BCUT2D eigenvalue weighted by atomic mass is 32.2. The maximum absolute atomic E-state index is 12.4. The Bertz CT molecular complexity index is 863. The van der Waals surface area contributed by atoms with Gasteiger partial charge in [0.1, 0.15) is 0 Å². The molecule has 0 saturated carbocycles. The van der Waals surface area contributed by atoms with Gasteiger partial charge in [0.25, 0.3) is 15.9 Å². The number of carbonyl (C=O) groups excluding carboxylic acids is 1. The highest BCUT2D eigenvalue weighted by molar-refractivity contribution is 7.92. The minimum absolute atomic E-state index is 0.182. The average Bonchev–Trinajstić information content (AvgIpc) is 2.69. The summed E-state index contributed by atoms with van der Waals surface area (Å²) in [4.78, 5) is 14.9. The first kappa shape index (κ1) is 19.4. The van der Waals surface area contributed by atoms with Gasteiger partial charge in [-0.1, -0.05) is 30.7 Å². The average molecular weight is 388 g/mol. The van der Waals surface area contributed by atoms with Crippen molar-refractivity contribution < 1.29 is 13.2 Å². The maximum Gasteiger partial charge on any atom is 0.261 e. The highest BCUT2D eigenvalue weighted by Gasteiger charge is 2.15. The molecule has 0 bridgehead atoms. The Kier molecular flexibility index (Phi) is 6.47. The van der Waals surface area contributed by atoms with Gasteiger partial charge in [0.2, 0.25) is 0 Å². The molecule has 27 heavy (non-hydrogen) atoms. The number of nitrogens with one attached hydrogen (secondary N) is 2. The number of likely N-dealkylation sites (tertiary alicyclic amines) is 1. The zero-order valence-corrected chi connectivity index (χ0v) is 16.0. The summed E-state index contributed by atoms with van der Waals surface area (Å²) in [6.07, 6.45) is 3.73. The van der Waals surface area contributed by atoms with Gasteiger partial charge < -0.3 is 10.2 Å². The fraction of sp³-hybridized carbons (Fsp3) is 0.350. The van der Waals surface area contributed by atoms with E-state index in [1.54, 1.807) is 42.5 Å². The van der Waals surface area contributed by atoms with Crippen LogP contribution in [0.1, 0.15) is 29.6 Å². The Morgan fingerprint density at radius 1 is 0.963 bits per heavy atom. The molecular weight excluding hydrogens is 362 g/mol. The molecule has 0 radical (unpaired) electrons. The van der Waals surface area contributed by atoms with Crippen LogP contribution in [0.5, 0.6) is 0 Å². The van der Waals surface area contributed by atoms with E-state index in [9.17, 15) is 13.2 Å². The number of benzene rings is 2. The van der Waals surface area contributed by atoms with Gasteiger partial charge in [-0.15, -0.1) is 0 Å². The molecule has 2 N–H and O–H groups in total. The van der Waals surface area contributed by atoms with E-state index in [4.69, 9.17) is 0 Å². The largest absolute Gasteiger partial charge is 0.351 e. The molecule has 2 aromatic rings. The molecule has 1 aliphatic heterocycles. The van der Waals surface area contributed by atoms with E-state index in [0.717, 1.165) is 19.6 Å². The summed E-state index contributed by atoms with van der Waals surface area (Å²) in [6, 6.07) is 14.7. The lowest BCUT2D eigenvalue weighted by atomic mass is 10.1. The number of carbonyl (C=O) groups is 1. The molecular formula is C20H25N3O3S. The number of hydrogen-bond acceptors (Lipinski definition) is 4. The maximum atomic E-state index is 12.4. The van der Waals surface area contributed by atoms with Gasteiger partial charge in [-0.05, 0) is 56.3 Å². The number of nitrogens with zero attached hydrogens (tertiary/aromatic N) is 1. The molecule has 144 valence electrons. The van der Waals surface area contributed by atoms with Gasteiger partial charge in [0.15, 0.2) is 0 Å². The van der Waals surface area contributed by atoms with Crippen molar-refractivity contribution in [2.45, 2.75) is 24.2 Å². The highest BCUT2D eigenvalue weighted by Crippen LogP contribution is 2.17. The number of sulfonamides is 1. The first-order valence-corrected chi connectivity index (χ1v) is 10.7. The van der Waals surface area contributed by atoms with Crippen LogP contribution in [0.4, 0.5) is 5.69 Å². The lowest BCUT2D eigenvalue weighted by Crippen LogP contribution is -2.37. The first-order chi connectivity index (χ1) is 13.0. The molecule has 1 heterocycles. The predicted octanol–water partition coefficient (Wildman–Crippen LogP) is 2.70. The number of piperidine rings is 1. The van der Waals surface area contributed by atoms with Crippen LogP contribution < -0.4 is 10.0 Å². The molecule has 0 aromatic heterocycles. The summed E-state index contributed by atoms with van der Waals surface area (Å²) in [6.45, 7) is 3.60. The van der Waals surface area contributed by atoms with Gasteiger partial charge in [-0.25, -0.2) is 8.42 Å². The van der Waals surface area contributed by atoms with E-state index in [0.29, 0.717) is 17.8 Å². The lowest BCUT2D eigenvalue weighted by Gasteiger charge is -2.26. The SMILES string of the molecule is O=C(NCCN1CCCCC1)c1cccc(NS(=O)(=O)c2ccccc2)c1. The van der Waals surface area contributed by atoms with Crippen LogP contribution in [0, 0.1) is 0 Å². The lowest BCUT2D eigenvalue weighted by molar-refractivity contribution is 0.0946. The fourth-order valence-electron chi connectivity index (χ4n) is 3.15. The van der Waals surface area contributed by atoms with Crippen molar-refractivity contribution in [3.8, 4) is 0 Å². The summed E-state index contributed by atoms with van der Waals surface area (Å²) < 4.78 is 27.3. The Balaban J connectivity index is 1.58. The van der Waals surface area contributed by atoms with Crippen LogP contribution in [0.25, 0.3) is 0 Å². The van der Waals surface area contributed by atoms with Gasteiger partial charge in [-0.2, -0.15) is 0 Å². The quantitative estimate of drug-likeness (QED) is 0.766. The Morgan fingerprint density at radius 3 is 2.44 bits per heavy atom. The molecule has 0 aliphatic carbocycles. The van der Waals surface area contributed by atoms with Crippen molar-refractivity contribution in [1.29, 1.82) is 0 Å². The Labute approximate surface area is 160 Å². The first-order valence-electron chi connectivity index (χ1n) is 9.23. The third-order valence-electron chi connectivity index (χ3n) is 4.59. The normalized spacial score (nSPS) is 15.3. The van der Waals surface area contributed by atoms with Gasteiger partial charge >= 0.3 is 0 Å². The molecule has 7 heteroatoms. The van der Waals surface area contributed by atoms with E-state index in [2.05, 4.69) is 14.9 Å². The summed E-state index contributed by atoms with van der Waals surface area (Å²) in [7, 11) is -3.68. The second-order valence-corrected chi connectivity index (χ2v) is 8.34. The molecule has 1 fully saturated rings. The summed E-state index contributed by atoms with van der Waals surface area (Å²) in [5, 5.41) is 2.91. The number of anilines is 1. The third-order valence-corrected chi connectivity index (χ3v) is 5.99. The molecule has 1 amide bonds. The van der Waals surface area contributed by atoms with Crippen molar-refractivity contribution in [1.82, 2.24) is 10.2 Å². The molecule has 2 aromatic carbocycles. The molecule has 3 rings (SSSR count). The van der Waals surface area contributed by atoms with Crippen molar-refractivity contribution in [2.24, 2.45) is 0 Å². The van der Waals surface area contributed by atoms with Gasteiger partial charge in [-0.3, -0.25) is 9.52 Å². The van der Waals surface area contributed by atoms with Crippen molar-refractivity contribution in [3.05, 3.63) is 60.2 Å². The van der Waals surface area contributed by atoms with Crippen LogP contribution in [0.2, 0.25) is 0 Å². The van der Waals surface area contributed by atoms with E-state index < -0.39 is 10.0 Å². The third kappa shape index (κ3) is 5.55. The van der Waals surface area contributed by atoms with Crippen molar-refractivity contribution >= 4 is 21.6 Å². The summed E-state index contributed by atoms with van der Waals surface area (Å²) >= 11 is 0. The Morgan fingerprint density at radius 2 is 1.70 bits per heavy atom. The zero-order chi connectivity index (χ0) is 19.1. The second-order valence-electron chi connectivity index (χ2n) is 6.66. The van der Waals surface area contributed by atoms with E-state index in [-0.39, 0.29) is 10.8 Å². The minimum atomic E-state index is -3.68. The van der Waals surface area contributed by atoms with Crippen LogP contribution in [-0.2, 0) is 10.0 Å². The van der Waals surface area contributed by atoms with E-state index >= 15 is 0 Å². The second kappa shape index (κ2) is 9.01. The van der Waals surface area contributed by atoms with Crippen LogP contribution in [0.15, 0.2) is 59.5 Å². The molecule has 0 atom stereocenters. The fourth-order valence-corrected chi connectivity index (χ4v) is 4.22. The number of hydrogen-bond donors (Lipinski definition) is 2. The molecule has 0 unspecified atom stereocenters. The molecule has 0 spiro atoms. The summed E-state index contributed by atoms with van der Waals surface area (Å²) in [5.74, 6) is -0.201. The number of rotatable bonds is 7. The summed E-state index contributed by atoms with van der Waals surface area (Å²) in [5.41, 5.74) is 0.796. The molecule has 1 saturated heterocycles. The van der Waals surface area contributed by atoms with Crippen LogP contribution in [-0.4, -0.2) is 45.4 Å². The zero-order valence-electron chi connectivity index (χ0n) is 15.2. The monoisotopic (exact) mass is 387 g/mol. The molecule has 6 nitrogen and oxygen atoms in total. The smallest absolute Gasteiger partial charge is 0.261 e. The minimum Gasteiger partial charge on any atom is -0.351 e. The van der Waals surface area contributed by atoms with Gasteiger partial charge in [0.05, 0.1) is 4.90 Å². The van der Waals surface area contributed by atoms with Crippen LogP contribution >= 0.6 is 0 Å². The number of amides is 1. The van der Waals surface area contributed by atoms with E-state index in [1.807, 2.05) is 0 Å². The predicted molar refractivity (Wildman–Crippen MR) is 106 cm³/mol.